The Morgan fingerprint density at radius 1 is 1.50 bits per heavy atom. The number of aromatic hydroxyl groups is 1. The summed E-state index contributed by atoms with van der Waals surface area (Å²) in [5, 5.41) is 8.99. The van der Waals surface area contributed by atoms with E-state index < -0.39 is 0 Å². The molecule has 0 fully saturated rings. The van der Waals surface area contributed by atoms with Crippen LogP contribution in [0.2, 0.25) is 0 Å². The van der Waals surface area contributed by atoms with E-state index in [2.05, 4.69) is 0 Å². The minimum absolute atomic E-state index is 0.348. The van der Waals surface area contributed by atoms with Gasteiger partial charge in [0.15, 0.2) is 7.53 Å². The van der Waals surface area contributed by atoms with Gasteiger partial charge in [-0.15, -0.1) is 0 Å². The second-order valence-electron chi connectivity index (χ2n) is 1.67. The Morgan fingerprint density at radius 3 is 2.62 bits per heavy atom. The summed E-state index contributed by atoms with van der Waals surface area (Å²) in [6.07, 6.45) is 0. The van der Waals surface area contributed by atoms with Gasteiger partial charge in [-0.25, -0.2) is 0 Å². The zero-order valence-corrected chi connectivity index (χ0v) is 5.60. The molecule has 42 valence electrons. The van der Waals surface area contributed by atoms with Crippen LogP contribution in [0, 0.1) is 0 Å². The van der Waals surface area contributed by atoms with Gasteiger partial charge in [0.25, 0.3) is 5.48 Å². The Morgan fingerprint density at radius 2 is 2.25 bits per heavy atom. The average Bonchev–Trinajstić information content (AvgIpc) is 1.77. The molecule has 0 saturated carbocycles. The molecule has 1 heterocycles. The molecule has 0 radical (unpaired) electrons. The van der Waals surface area contributed by atoms with E-state index in [9.17, 15) is 0 Å². The molecule has 1 unspecified atom stereocenters. The van der Waals surface area contributed by atoms with Crippen molar-refractivity contribution in [3.05, 3.63) is 24.0 Å². The van der Waals surface area contributed by atoms with E-state index in [1.807, 2.05) is 24.6 Å². The molecule has 0 amide bonds. The topological polar surface area (TPSA) is 20.2 Å². The summed E-state index contributed by atoms with van der Waals surface area (Å²) >= 11 is 0. The zero-order chi connectivity index (χ0) is 5.98. The number of hydrogen-bond acceptors (Lipinski definition) is 1. The lowest BCUT2D eigenvalue weighted by Crippen LogP contribution is -1.56. The number of rotatable bonds is 0. The summed E-state index contributed by atoms with van der Waals surface area (Å²) in [7, 11) is -0.348. The lowest BCUT2D eigenvalue weighted by molar-refractivity contribution is 0.489. The second kappa shape index (κ2) is 2.15. The van der Waals surface area contributed by atoms with E-state index in [0.29, 0.717) is 5.48 Å². The van der Waals surface area contributed by atoms with Crippen molar-refractivity contribution in [2.75, 3.05) is 0 Å². The molecule has 0 aliphatic rings. The summed E-state index contributed by atoms with van der Waals surface area (Å²) in [6.45, 7) is 2.02. The predicted molar refractivity (Wildman–Crippen MR) is 36.2 cm³/mol. The Hall–Kier alpha value is -0.550. The van der Waals surface area contributed by atoms with E-state index in [0.717, 1.165) is 0 Å². The third-order valence-electron chi connectivity index (χ3n) is 1.03. The van der Waals surface area contributed by atoms with Crippen molar-refractivity contribution in [2.24, 2.45) is 6.66 Å². The smallest absolute Gasteiger partial charge is 0.295 e. The molecule has 0 aromatic carbocycles. The molecule has 1 atom stereocenters. The van der Waals surface area contributed by atoms with Gasteiger partial charge < -0.3 is 5.11 Å². The van der Waals surface area contributed by atoms with Crippen LogP contribution in [0.25, 0.3) is 0 Å². The molecule has 1 aromatic heterocycles. The second-order valence-corrected chi connectivity index (χ2v) is 3.65. The molecule has 8 heavy (non-hydrogen) atoms. The van der Waals surface area contributed by atoms with E-state index >= 15 is 0 Å². The van der Waals surface area contributed by atoms with Crippen molar-refractivity contribution in [2.45, 2.75) is 0 Å². The highest BCUT2D eigenvalue weighted by molar-refractivity contribution is 7.49. The highest BCUT2D eigenvalue weighted by atomic mass is 31.1. The molecular formula is C6H8OP+. The highest BCUT2D eigenvalue weighted by Gasteiger charge is 2.00. The van der Waals surface area contributed by atoms with Gasteiger partial charge in [0.2, 0.25) is 0 Å². The minimum atomic E-state index is -0.348. The maximum Gasteiger partial charge on any atom is 0.295 e. The number of aryl methyl sites for hydroxylation is 1. The normalized spacial score (nSPS) is 11.4. The van der Waals surface area contributed by atoms with Crippen molar-refractivity contribution in [1.82, 2.24) is 0 Å². The van der Waals surface area contributed by atoms with Crippen molar-refractivity contribution in [3.8, 4) is 5.48 Å². The van der Waals surface area contributed by atoms with Gasteiger partial charge in [0.05, 0.1) is 0 Å². The average molecular weight is 127 g/mol. The van der Waals surface area contributed by atoms with Gasteiger partial charge in [-0.1, -0.05) is 6.07 Å². The molecule has 1 aromatic rings. The van der Waals surface area contributed by atoms with Gasteiger partial charge in [-0.3, -0.25) is 0 Å². The quantitative estimate of drug-likeness (QED) is 0.566. The van der Waals surface area contributed by atoms with Crippen LogP contribution < -0.4 is 0 Å². The standard InChI is InChI=1S/C6H7OP/c1-8-5-3-2-4-6(8)7/h2-5H,1H3/p+1. The van der Waals surface area contributed by atoms with Crippen molar-refractivity contribution in [1.29, 1.82) is 0 Å². The van der Waals surface area contributed by atoms with Gasteiger partial charge in [-0.05, 0) is 6.07 Å². The summed E-state index contributed by atoms with van der Waals surface area (Å²) < 4.78 is 0. The van der Waals surface area contributed by atoms with Crippen LogP contribution in [0.5, 0.6) is 5.48 Å². The first-order valence-electron chi connectivity index (χ1n) is 2.44. The van der Waals surface area contributed by atoms with E-state index in [-0.39, 0.29) is 7.53 Å². The highest BCUT2D eigenvalue weighted by Crippen LogP contribution is 2.33. The molecular weight excluding hydrogens is 119 g/mol. The summed E-state index contributed by atoms with van der Waals surface area (Å²) in [5.41, 5.74) is 0.516. The van der Waals surface area contributed by atoms with Crippen LogP contribution in [0.15, 0.2) is 24.0 Å². The SMILES string of the molecule is C[p+]1ccccc1O. The molecule has 0 spiro atoms. The lowest BCUT2D eigenvalue weighted by atomic mass is 10.6. The van der Waals surface area contributed by atoms with Crippen molar-refractivity contribution < 1.29 is 5.11 Å². The third kappa shape index (κ3) is 0.988. The third-order valence-corrected chi connectivity index (χ3v) is 2.52. The number of hydrogen-bond donors (Lipinski definition) is 1. The lowest BCUT2D eigenvalue weighted by Gasteiger charge is -1.80. The largest absolute Gasteiger partial charge is 0.476 e. The molecule has 2 heteroatoms. The van der Waals surface area contributed by atoms with Crippen LogP contribution in [-0.2, 0) is 6.66 Å². The van der Waals surface area contributed by atoms with Crippen LogP contribution in [0.3, 0.4) is 0 Å². The Kier molecular flexibility index (Phi) is 1.50. The summed E-state index contributed by atoms with van der Waals surface area (Å²) in [4.78, 5) is 0. The fourth-order valence-electron chi connectivity index (χ4n) is 0.514. The van der Waals surface area contributed by atoms with Gasteiger partial charge >= 0.3 is 0 Å². The van der Waals surface area contributed by atoms with Gasteiger partial charge in [0, 0.05) is 6.07 Å². The first-order valence-corrected chi connectivity index (χ1v) is 4.30. The molecule has 0 bridgehead atoms. The molecule has 0 saturated heterocycles. The summed E-state index contributed by atoms with van der Waals surface area (Å²) in [6, 6.07) is 5.55. The van der Waals surface area contributed by atoms with Crippen LogP contribution in [-0.4, -0.2) is 5.11 Å². The van der Waals surface area contributed by atoms with Crippen LogP contribution in [0.1, 0.15) is 0 Å². The first-order chi connectivity index (χ1) is 3.80. The maximum absolute atomic E-state index is 8.99. The fraction of sp³-hybridized carbons (Fsp3) is 0.167. The molecule has 0 aliphatic heterocycles. The van der Waals surface area contributed by atoms with E-state index in [1.54, 1.807) is 6.07 Å². The molecule has 0 aliphatic carbocycles. The molecule has 1 nitrogen and oxygen atoms in total. The maximum atomic E-state index is 8.99. The van der Waals surface area contributed by atoms with Crippen molar-refractivity contribution >= 4 is 7.53 Å². The van der Waals surface area contributed by atoms with Crippen LogP contribution >= 0.6 is 7.53 Å². The fourth-order valence-corrected chi connectivity index (χ4v) is 1.35. The first kappa shape index (κ1) is 5.58. The van der Waals surface area contributed by atoms with Crippen LogP contribution in [0.4, 0.5) is 0 Å². The molecule has 1 N–H and O–H groups in total. The van der Waals surface area contributed by atoms with E-state index in [1.165, 1.54) is 0 Å². The van der Waals surface area contributed by atoms with Crippen molar-refractivity contribution in [3.63, 3.8) is 0 Å². The predicted octanol–water partition coefficient (Wildman–Crippen LogP) is 2.20. The Bertz CT molecular complexity index is 165. The summed E-state index contributed by atoms with van der Waals surface area (Å²) in [5.74, 6) is 2.02. The van der Waals surface area contributed by atoms with E-state index in [4.69, 9.17) is 5.11 Å². The zero-order valence-electron chi connectivity index (χ0n) is 4.70. The minimum Gasteiger partial charge on any atom is -0.476 e. The monoisotopic (exact) mass is 127 g/mol. The Labute approximate surface area is 49.7 Å². The Balaban J connectivity index is 3.13. The molecule has 1 rings (SSSR count). The van der Waals surface area contributed by atoms with Gasteiger partial charge in [0.1, 0.15) is 12.5 Å². The van der Waals surface area contributed by atoms with Gasteiger partial charge in [-0.2, -0.15) is 0 Å².